The first kappa shape index (κ1) is 19.8. The molecule has 2 aromatic rings. The summed E-state index contributed by atoms with van der Waals surface area (Å²) < 4.78 is 26.2. The average molecular weight is 411 g/mol. The first-order valence-corrected chi connectivity index (χ1v) is 11.2. The topological polar surface area (TPSA) is 85.2 Å². The number of piperidine rings is 1. The zero-order chi connectivity index (χ0) is 19.4. The fourth-order valence-corrected chi connectivity index (χ4v) is 4.61. The number of halogens is 1. The third kappa shape index (κ3) is 5.07. The van der Waals surface area contributed by atoms with Crippen LogP contribution in [0, 0.1) is 0 Å². The van der Waals surface area contributed by atoms with E-state index in [9.17, 15) is 13.2 Å². The molecule has 2 aromatic heterocycles. The quantitative estimate of drug-likeness (QED) is 0.730. The number of amides is 1. The molecule has 27 heavy (non-hydrogen) atoms. The van der Waals surface area contributed by atoms with Gasteiger partial charge in [0.25, 0.3) is 0 Å². The molecule has 1 aliphatic rings. The molecule has 0 radical (unpaired) electrons. The highest BCUT2D eigenvalue weighted by Gasteiger charge is 2.29. The second-order valence-electron chi connectivity index (χ2n) is 6.89. The van der Waals surface area contributed by atoms with E-state index in [0.717, 1.165) is 32.1 Å². The van der Waals surface area contributed by atoms with E-state index in [1.54, 1.807) is 12.5 Å². The van der Waals surface area contributed by atoms with Gasteiger partial charge in [-0.05, 0) is 25.3 Å². The zero-order valence-electron chi connectivity index (χ0n) is 15.2. The van der Waals surface area contributed by atoms with Gasteiger partial charge in [-0.25, -0.2) is 13.4 Å². The van der Waals surface area contributed by atoms with E-state index in [2.05, 4.69) is 9.97 Å². The SMILES string of the molecule is CS(=O)(=O)c1cc(Cl)cnc1[C@@H]1CCCN(C(=O)CCCn2ccnc2)C1. The van der Waals surface area contributed by atoms with Crippen LogP contribution in [-0.2, 0) is 21.2 Å². The van der Waals surface area contributed by atoms with Gasteiger partial charge in [0, 0.05) is 56.8 Å². The summed E-state index contributed by atoms with van der Waals surface area (Å²) in [5, 5.41) is 0.294. The Labute approximate surface area is 164 Å². The van der Waals surface area contributed by atoms with Crippen molar-refractivity contribution in [2.24, 2.45) is 0 Å². The predicted octanol–water partition coefficient (Wildman–Crippen LogP) is 2.52. The maximum absolute atomic E-state index is 12.6. The minimum Gasteiger partial charge on any atom is -0.342 e. The third-order valence-electron chi connectivity index (χ3n) is 4.77. The van der Waals surface area contributed by atoms with Gasteiger partial charge in [-0.15, -0.1) is 0 Å². The second-order valence-corrected chi connectivity index (χ2v) is 9.31. The molecule has 1 saturated heterocycles. The molecule has 0 aliphatic carbocycles. The van der Waals surface area contributed by atoms with Crippen molar-refractivity contribution in [3.05, 3.63) is 41.7 Å². The number of sulfone groups is 1. The Balaban J connectivity index is 1.66. The van der Waals surface area contributed by atoms with Crippen LogP contribution in [0.2, 0.25) is 5.02 Å². The van der Waals surface area contributed by atoms with E-state index in [4.69, 9.17) is 11.6 Å². The molecule has 0 aromatic carbocycles. The van der Waals surface area contributed by atoms with Crippen LogP contribution in [0.15, 0.2) is 35.9 Å². The fraction of sp³-hybridized carbons (Fsp3) is 0.500. The summed E-state index contributed by atoms with van der Waals surface area (Å²) >= 11 is 5.94. The Morgan fingerprint density at radius 1 is 1.41 bits per heavy atom. The van der Waals surface area contributed by atoms with Crippen LogP contribution < -0.4 is 0 Å². The van der Waals surface area contributed by atoms with Crippen molar-refractivity contribution in [2.75, 3.05) is 19.3 Å². The average Bonchev–Trinajstić information content (AvgIpc) is 3.14. The number of hydrogen-bond acceptors (Lipinski definition) is 5. The first-order valence-electron chi connectivity index (χ1n) is 8.93. The molecule has 1 aliphatic heterocycles. The van der Waals surface area contributed by atoms with E-state index >= 15 is 0 Å². The van der Waals surface area contributed by atoms with Crippen LogP contribution in [0.5, 0.6) is 0 Å². The number of aromatic nitrogens is 3. The molecule has 3 heterocycles. The van der Waals surface area contributed by atoms with Gasteiger partial charge in [-0.3, -0.25) is 9.78 Å². The minimum absolute atomic E-state index is 0.0923. The Kier molecular flexibility index (Phi) is 6.16. The highest BCUT2D eigenvalue weighted by atomic mass is 35.5. The van der Waals surface area contributed by atoms with Crippen LogP contribution >= 0.6 is 11.6 Å². The van der Waals surface area contributed by atoms with Crippen molar-refractivity contribution >= 4 is 27.3 Å². The standard InChI is InChI=1S/C18H23ClN4O3S/c1-27(25,26)16-10-15(19)11-21-18(16)14-4-2-8-23(12-14)17(24)5-3-7-22-9-6-20-13-22/h6,9-11,13-14H,2-5,7-8,12H2,1H3/t14-/m1/s1. The van der Waals surface area contributed by atoms with Crippen molar-refractivity contribution in [3.8, 4) is 0 Å². The van der Waals surface area contributed by atoms with Gasteiger partial charge in [-0.2, -0.15) is 0 Å². The highest BCUT2D eigenvalue weighted by Crippen LogP contribution is 2.31. The Morgan fingerprint density at radius 2 is 2.22 bits per heavy atom. The van der Waals surface area contributed by atoms with Crippen LogP contribution in [0.4, 0.5) is 0 Å². The van der Waals surface area contributed by atoms with Crippen molar-refractivity contribution in [1.29, 1.82) is 0 Å². The zero-order valence-corrected chi connectivity index (χ0v) is 16.8. The Bertz CT molecular complexity index is 899. The lowest BCUT2D eigenvalue weighted by atomic mass is 9.94. The molecule has 0 unspecified atom stereocenters. The van der Waals surface area contributed by atoms with Crippen LogP contribution in [0.1, 0.15) is 37.3 Å². The molecule has 0 N–H and O–H groups in total. The molecule has 7 nitrogen and oxygen atoms in total. The number of carbonyl (C=O) groups excluding carboxylic acids is 1. The van der Waals surface area contributed by atoms with E-state index in [0.29, 0.717) is 30.2 Å². The smallest absolute Gasteiger partial charge is 0.222 e. The molecular weight excluding hydrogens is 388 g/mol. The van der Waals surface area contributed by atoms with Gasteiger partial charge >= 0.3 is 0 Å². The molecule has 1 amide bonds. The lowest BCUT2D eigenvalue weighted by molar-refractivity contribution is -0.132. The number of aryl methyl sites for hydroxylation is 1. The lowest BCUT2D eigenvalue weighted by Crippen LogP contribution is -2.39. The molecule has 1 atom stereocenters. The number of hydrogen-bond donors (Lipinski definition) is 0. The largest absolute Gasteiger partial charge is 0.342 e. The molecule has 0 spiro atoms. The lowest BCUT2D eigenvalue weighted by Gasteiger charge is -2.33. The first-order chi connectivity index (χ1) is 12.8. The molecule has 146 valence electrons. The maximum Gasteiger partial charge on any atom is 0.222 e. The number of rotatable bonds is 6. The van der Waals surface area contributed by atoms with Crippen LogP contribution in [-0.4, -0.2) is 53.1 Å². The summed E-state index contributed by atoms with van der Waals surface area (Å²) in [7, 11) is -3.44. The van der Waals surface area contributed by atoms with Gasteiger partial charge in [-0.1, -0.05) is 11.6 Å². The Morgan fingerprint density at radius 3 is 2.93 bits per heavy atom. The van der Waals surface area contributed by atoms with Gasteiger partial charge in [0.05, 0.1) is 21.9 Å². The summed E-state index contributed by atoms with van der Waals surface area (Å²) in [6, 6.07) is 1.45. The van der Waals surface area contributed by atoms with Crippen LogP contribution in [0.3, 0.4) is 0 Å². The number of pyridine rings is 1. The second kappa shape index (κ2) is 8.39. The third-order valence-corrected chi connectivity index (χ3v) is 6.11. The monoisotopic (exact) mass is 410 g/mol. The van der Waals surface area contributed by atoms with Gasteiger partial charge in [0.2, 0.25) is 5.91 Å². The van der Waals surface area contributed by atoms with Crippen molar-refractivity contribution in [1.82, 2.24) is 19.4 Å². The molecule has 9 heteroatoms. The minimum atomic E-state index is -3.44. The van der Waals surface area contributed by atoms with E-state index < -0.39 is 9.84 Å². The number of imidazole rings is 1. The van der Waals surface area contributed by atoms with E-state index in [1.807, 2.05) is 15.7 Å². The molecule has 0 saturated carbocycles. The number of nitrogens with zero attached hydrogens (tertiary/aromatic N) is 4. The fourth-order valence-electron chi connectivity index (χ4n) is 3.45. The summed E-state index contributed by atoms with van der Waals surface area (Å²) in [5.74, 6) is -0.00646. The Hall–Kier alpha value is -1.93. The molecule has 3 rings (SSSR count). The van der Waals surface area contributed by atoms with E-state index in [1.165, 1.54) is 12.3 Å². The van der Waals surface area contributed by atoms with Crippen molar-refractivity contribution in [2.45, 2.75) is 43.0 Å². The predicted molar refractivity (Wildman–Crippen MR) is 102 cm³/mol. The normalized spacial score (nSPS) is 17.9. The maximum atomic E-state index is 12.6. The van der Waals surface area contributed by atoms with Crippen molar-refractivity contribution < 1.29 is 13.2 Å². The number of likely N-dealkylation sites (tertiary alicyclic amines) is 1. The molecule has 1 fully saturated rings. The van der Waals surface area contributed by atoms with Crippen molar-refractivity contribution in [3.63, 3.8) is 0 Å². The van der Waals surface area contributed by atoms with Gasteiger partial charge in [0.1, 0.15) is 0 Å². The summed E-state index contributed by atoms with van der Waals surface area (Å²) in [6.45, 7) is 1.93. The van der Waals surface area contributed by atoms with Crippen LogP contribution in [0.25, 0.3) is 0 Å². The van der Waals surface area contributed by atoms with E-state index in [-0.39, 0.29) is 16.7 Å². The summed E-state index contributed by atoms with van der Waals surface area (Å²) in [4.78, 5) is 22.9. The number of carbonyl (C=O) groups is 1. The summed E-state index contributed by atoms with van der Waals surface area (Å²) in [6.07, 6.45) is 10.8. The summed E-state index contributed by atoms with van der Waals surface area (Å²) in [5.41, 5.74) is 0.512. The molecular formula is C18H23ClN4O3S. The van der Waals surface area contributed by atoms with Gasteiger partial charge in [0.15, 0.2) is 9.84 Å². The molecule has 0 bridgehead atoms. The van der Waals surface area contributed by atoms with Gasteiger partial charge < -0.3 is 9.47 Å². The highest BCUT2D eigenvalue weighted by molar-refractivity contribution is 7.90.